The van der Waals surface area contributed by atoms with E-state index in [1.807, 2.05) is 0 Å². The quantitative estimate of drug-likeness (QED) is 0.898. The van der Waals surface area contributed by atoms with Crippen LogP contribution in [0.25, 0.3) is 0 Å². The third-order valence-electron chi connectivity index (χ3n) is 3.70. The zero-order valence-corrected chi connectivity index (χ0v) is 11.8. The van der Waals surface area contributed by atoms with Gasteiger partial charge in [0.05, 0.1) is 0 Å². The van der Waals surface area contributed by atoms with Crippen LogP contribution in [-0.4, -0.2) is 35.8 Å². The molecule has 1 aromatic carbocycles. The summed E-state index contributed by atoms with van der Waals surface area (Å²) in [7, 11) is 0. The molecule has 1 fully saturated rings. The molecule has 0 aromatic heterocycles. The van der Waals surface area contributed by atoms with Crippen molar-refractivity contribution in [3.05, 3.63) is 35.1 Å². The Labute approximate surface area is 118 Å². The summed E-state index contributed by atoms with van der Waals surface area (Å²) in [5, 5.41) is 2.94. The Morgan fingerprint density at radius 1 is 1.30 bits per heavy atom. The van der Waals surface area contributed by atoms with Crippen molar-refractivity contribution in [2.75, 3.05) is 13.1 Å². The van der Waals surface area contributed by atoms with Gasteiger partial charge in [0.2, 0.25) is 5.91 Å². The van der Waals surface area contributed by atoms with Crippen molar-refractivity contribution >= 4 is 11.8 Å². The van der Waals surface area contributed by atoms with Crippen molar-refractivity contribution < 1.29 is 14.0 Å². The van der Waals surface area contributed by atoms with E-state index in [0.29, 0.717) is 24.2 Å². The SMILES string of the molecule is CC(=O)N1CCC(NC(=O)c2ccc(F)c(C)c2)CC1. The summed E-state index contributed by atoms with van der Waals surface area (Å²) in [5.41, 5.74) is 0.932. The number of halogens is 1. The van der Waals surface area contributed by atoms with Gasteiger partial charge < -0.3 is 10.2 Å². The molecule has 2 rings (SSSR count). The van der Waals surface area contributed by atoms with Gasteiger partial charge in [-0.05, 0) is 43.5 Å². The number of amides is 2. The van der Waals surface area contributed by atoms with Crippen LogP contribution >= 0.6 is 0 Å². The van der Waals surface area contributed by atoms with Crippen molar-refractivity contribution in [1.82, 2.24) is 10.2 Å². The zero-order valence-electron chi connectivity index (χ0n) is 11.8. The molecule has 1 heterocycles. The minimum atomic E-state index is -0.309. The molecule has 1 aromatic rings. The maximum Gasteiger partial charge on any atom is 0.251 e. The third-order valence-corrected chi connectivity index (χ3v) is 3.70. The standard InChI is InChI=1S/C15H19FN2O2/c1-10-9-12(3-4-14(10)16)15(20)17-13-5-7-18(8-6-13)11(2)19/h3-4,9,13H,5-8H2,1-2H3,(H,17,20). The molecule has 1 N–H and O–H groups in total. The van der Waals surface area contributed by atoms with E-state index < -0.39 is 0 Å². The molecule has 0 aliphatic carbocycles. The lowest BCUT2D eigenvalue weighted by Gasteiger charge is -2.31. The Kier molecular flexibility index (Phi) is 4.37. The van der Waals surface area contributed by atoms with E-state index in [1.54, 1.807) is 24.8 Å². The smallest absolute Gasteiger partial charge is 0.251 e. The second-order valence-electron chi connectivity index (χ2n) is 5.22. The molecule has 2 amide bonds. The van der Waals surface area contributed by atoms with E-state index in [2.05, 4.69) is 5.32 Å². The molecule has 0 unspecified atom stereocenters. The topological polar surface area (TPSA) is 49.4 Å². The Balaban J connectivity index is 1.92. The number of hydrogen-bond acceptors (Lipinski definition) is 2. The molecule has 1 aliphatic rings. The van der Waals surface area contributed by atoms with Gasteiger partial charge in [-0.1, -0.05) is 0 Å². The number of benzene rings is 1. The van der Waals surface area contributed by atoms with Crippen molar-refractivity contribution in [2.24, 2.45) is 0 Å². The predicted octanol–water partition coefficient (Wildman–Crippen LogP) is 1.87. The summed E-state index contributed by atoms with van der Waals surface area (Å²) < 4.78 is 13.2. The number of carbonyl (C=O) groups excluding carboxylic acids is 2. The van der Waals surface area contributed by atoms with Gasteiger partial charge in [-0.25, -0.2) is 4.39 Å². The highest BCUT2D eigenvalue weighted by molar-refractivity contribution is 5.94. The van der Waals surface area contributed by atoms with Crippen LogP contribution in [0.4, 0.5) is 4.39 Å². The van der Waals surface area contributed by atoms with Gasteiger partial charge in [0.25, 0.3) is 5.91 Å². The Morgan fingerprint density at radius 3 is 2.50 bits per heavy atom. The molecular formula is C15H19FN2O2. The largest absolute Gasteiger partial charge is 0.349 e. The van der Waals surface area contributed by atoms with Gasteiger partial charge in [-0.3, -0.25) is 9.59 Å². The van der Waals surface area contributed by atoms with Crippen molar-refractivity contribution in [2.45, 2.75) is 32.7 Å². The van der Waals surface area contributed by atoms with Crippen LogP contribution in [0.1, 0.15) is 35.7 Å². The average Bonchev–Trinajstić information content (AvgIpc) is 2.42. The Bertz CT molecular complexity index is 523. The minimum absolute atomic E-state index is 0.0726. The number of hydrogen-bond donors (Lipinski definition) is 1. The first kappa shape index (κ1) is 14.5. The molecule has 20 heavy (non-hydrogen) atoms. The first-order valence-electron chi connectivity index (χ1n) is 6.80. The molecule has 4 nitrogen and oxygen atoms in total. The Morgan fingerprint density at radius 2 is 1.95 bits per heavy atom. The summed E-state index contributed by atoms with van der Waals surface area (Å²) in [6.07, 6.45) is 1.51. The fraction of sp³-hybridized carbons (Fsp3) is 0.467. The summed E-state index contributed by atoms with van der Waals surface area (Å²) in [5.74, 6) is -0.422. The van der Waals surface area contributed by atoms with E-state index in [9.17, 15) is 14.0 Å². The van der Waals surface area contributed by atoms with Crippen LogP contribution in [-0.2, 0) is 4.79 Å². The number of piperidine rings is 1. The molecule has 0 spiro atoms. The van der Waals surface area contributed by atoms with Crippen LogP contribution in [0.3, 0.4) is 0 Å². The van der Waals surface area contributed by atoms with E-state index in [-0.39, 0.29) is 23.7 Å². The maximum atomic E-state index is 13.2. The van der Waals surface area contributed by atoms with Gasteiger partial charge in [0.1, 0.15) is 5.82 Å². The molecule has 1 saturated heterocycles. The lowest BCUT2D eigenvalue weighted by Crippen LogP contribution is -2.46. The highest BCUT2D eigenvalue weighted by Gasteiger charge is 2.22. The second kappa shape index (κ2) is 6.03. The van der Waals surface area contributed by atoms with Crippen LogP contribution in [0, 0.1) is 12.7 Å². The highest BCUT2D eigenvalue weighted by Crippen LogP contribution is 2.13. The molecule has 0 bridgehead atoms. The number of rotatable bonds is 2. The van der Waals surface area contributed by atoms with Crippen molar-refractivity contribution in [3.8, 4) is 0 Å². The van der Waals surface area contributed by atoms with E-state index in [0.717, 1.165) is 12.8 Å². The average molecular weight is 278 g/mol. The number of carbonyl (C=O) groups is 2. The van der Waals surface area contributed by atoms with E-state index >= 15 is 0 Å². The lowest BCUT2D eigenvalue weighted by atomic mass is 10.0. The predicted molar refractivity (Wildman–Crippen MR) is 73.9 cm³/mol. The minimum Gasteiger partial charge on any atom is -0.349 e. The van der Waals surface area contributed by atoms with Crippen LogP contribution in [0.2, 0.25) is 0 Å². The first-order chi connectivity index (χ1) is 9.47. The van der Waals surface area contributed by atoms with E-state index in [1.165, 1.54) is 12.1 Å². The van der Waals surface area contributed by atoms with Gasteiger partial charge in [0, 0.05) is 31.6 Å². The van der Waals surface area contributed by atoms with Gasteiger partial charge in [-0.15, -0.1) is 0 Å². The molecule has 1 aliphatic heterocycles. The van der Waals surface area contributed by atoms with Gasteiger partial charge in [-0.2, -0.15) is 0 Å². The Hall–Kier alpha value is -1.91. The first-order valence-corrected chi connectivity index (χ1v) is 6.80. The molecular weight excluding hydrogens is 259 g/mol. The van der Waals surface area contributed by atoms with Gasteiger partial charge >= 0.3 is 0 Å². The number of aryl methyl sites for hydroxylation is 1. The van der Waals surface area contributed by atoms with E-state index in [4.69, 9.17) is 0 Å². The highest BCUT2D eigenvalue weighted by atomic mass is 19.1. The molecule has 108 valence electrons. The summed E-state index contributed by atoms with van der Waals surface area (Å²) in [6.45, 7) is 4.53. The fourth-order valence-electron chi connectivity index (χ4n) is 2.39. The van der Waals surface area contributed by atoms with Crippen LogP contribution in [0.15, 0.2) is 18.2 Å². The zero-order chi connectivity index (χ0) is 14.7. The summed E-state index contributed by atoms with van der Waals surface area (Å²) >= 11 is 0. The van der Waals surface area contributed by atoms with Crippen LogP contribution in [0.5, 0.6) is 0 Å². The molecule has 5 heteroatoms. The number of likely N-dealkylation sites (tertiary alicyclic amines) is 1. The molecule has 0 atom stereocenters. The normalized spacial score (nSPS) is 16.1. The lowest BCUT2D eigenvalue weighted by molar-refractivity contribution is -0.129. The van der Waals surface area contributed by atoms with Gasteiger partial charge in [0.15, 0.2) is 0 Å². The third kappa shape index (κ3) is 3.35. The summed E-state index contributed by atoms with van der Waals surface area (Å²) in [4.78, 5) is 25.1. The monoisotopic (exact) mass is 278 g/mol. The summed E-state index contributed by atoms with van der Waals surface area (Å²) in [6, 6.07) is 4.42. The van der Waals surface area contributed by atoms with Crippen LogP contribution < -0.4 is 5.32 Å². The second-order valence-corrected chi connectivity index (χ2v) is 5.22. The molecule has 0 radical (unpaired) electrons. The maximum absolute atomic E-state index is 13.2. The number of nitrogens with zero attached hydrogens (tertiary/aromatic N) is 1. The molecule has 0 saturated carbocycles. The number of nitrogens with one attached hydrogen (secondary N) is 1. The van der Waals surface area contributed by atoms with Crippen molar-refractivity contribution in [1.29, 1.82) is 0 Å². The fourth-order valence-corrected chi connectivity index (χ4v) is 2.39. The van der Waals surface area contributed by atoms with Crippen molar-refractivity contribution in [3.63, 3.8) is 0 Å².